The molecule has 138 valence electrons. The van der Waals surface area contributed by atoms with Gasteiger partial charge in [-0.3, -0.25) is 0 Å². The van der Waals surface area contributed by atoms with Crippen molar-refractivity contribution >= 4 is 34.5 Å². The number of amides is 2. The van der Waals surface area contributed by atoms with E-state index < -0.39 is 6.04 Å². The molecular weight excluding hydrogens is 394 g/mol. The summed E-state index contributed by atoms with van der Waals surface area (Å²) in [5.74, 6) is 0. The van der Waals surface area contributed by atoms with Gasteiger partial charge >= 0.3 is 6.03 Å². The number of hydrogen-bond acceptors (Lipinski definition) is 5. The van der Waals surface area contributed by atoms with E-state index in [1.54, 1.807) is 24.4 Å². The molecule has 0 bridgehead atoms. The molecule has 8 heteroatoms. The lowest BCUT2D eigenvalue weighted by atomic mass is 9.97. The minimum atomic E-state index is -0.449. The third-order valence-corrected chi connectivity index (χ3v) is 5.60. The maximum Gasteiger partial charge on any atom is 0.319 e. The van der Waals surface area contributed by atoms with Crippen LogP contribution >= 0.6 is 22.9 Å². The molecule has 2 aromatic heterocycles. The van der Waals surface area contributed by atoms with E-state index in [0.29, 0.717) is 16.3 Å². The summed E-state index contributed by atoms with van der Waals surface area (Å²) < 4.78 is 0. The first-order chi connectivity index (χ1) is 13.6. The maximum atomic E-state index is 12.1. The Labute approximate surface area is 170 Å². The Morgan fingerprint density at radius 3 is 2.75 bits per heavy atom. The number of halogens is 1. The number of nitriles is 1. The molecule has 2 N–H and O–H groups in total. The smallest absolute Gasteiger partial charge is 0.319 e. The Morgan fingerprint density at radius 1 is 1.25 bits per heavy atom. The van der Waals surface area contributed by atoms with Crippen LogP contribution in [0.1, 0.15) is 29.1 Å². The van der Waals surface area contributed by atoms with Crippen LogP contribution in [-0.4, -0.2) is 16.0 Å². The number of nitrogens with one attached hydrogen (secondary N) is 2. The van der Waals surface area contributed by atoms with Crippen molar-refractivity contribution in [1.29, 1.82) is 5.26 Å². The van der Waals surface area contributed by atoms with Crippen LogP contribution < -0.4 is 10.6 Å². The maximum absolute atomic E-state index is 12.1. The predicted molar refractivity (Wildman–Crippen MR) is 109 cm³/mol. The van der Waals surface area contributed by atoms with Gasteiger partial charge in [0.1, 0.15) is 10.2 Å². The Kier molecular flexibility index (Phi) is 4.82. The number of carbonyl (C=O) groups excluding carboxylic acids is 1. The topological polar surface area (TPSA) is 90.7 Å². The number of thiazole rings is 1. The zero-order valence-corrected chi connectivity index (χ0v) is 16.3. The highest BCUT2D eigenvalue weighted by Gasteiger charge is 2.31. The van der Waals surface area contributed by atoms with E-state index in [-0.39, 0.29) is 6.03 Å². The standard InChI is InChI=1S/C20H14ClN5OS/c1-11-16(17(26-20(27)24-11)14-3-2-8-23-18(14)21)19-25-15(10-28-19)13-6-4-12(9-22)5-7-13/h2-8,10,17H,1H3,(H2,24,26,27). The molecule has 2 amide bonds. The third-order valence-electron chi connectivity index (χ3n) is 4.41. The highest BCUT2D eigenvalue weighted by atomic mass is 35.5. The zero-order chi connectivity index (χ0) is 19.7. The van der Waals surface area contributed by atoms with Crippen molar-refractivity contribution in [3.05, 3.63) is 75.0 Å². The molecule has 6 nitrogen and oxygen atoms in total. The van der Waals surface area contributed by atoms with Gasteiger partial charge in [-0.15, -0.1) is 11.3 Å². The summed E-state index contributed by atoms with van der Waals surface area (Å²) in [4.78, 5) is 21.0. The molecule has 0 spiro atoms. The summed E-state index contributed by atoms with van der Waals surface area (Å²) >= 11 is 7.77. The molecule has 1 aliphatic rings. The largest absolute Gasteiger partial charge is 0.327 e. The van der Waals surface area contributed by atoms with Crippen LogP contribution in [0.15, 0.2) is 53.7 Å². The van der Waals surface area contributed by atoms with Crippen LogP contribution in [0, 0.1) is 11.3 Å². The van der Waals surface area contributed by atoms with Crippen molar-refractivity contribution < 1.29 is 4.79 Å². The molecule has 0 fully saturated rings. The van der Waals surface area contributed by atoms with Gasteiger partial charge in [0, 0.05) is 34.0 Å². The van der Waals surface area contributed by atoms with Gasteiger partial charge in [-0.25, -0.2) is 14.8 Å². The number of hydrogen-bond donors (Lipinski definition) is 2. The van der Waals surface area contributed by atoms with Gasteiger partial charge in [0.2, 0.25) is 0 Å². The summed E-state index contributed by atoms with van der Waals surface area (Å²) in [6.07, 6.45) is 1.61. The highest BCUT2D eigenvalue weighted by Crippen LogP contribution is 2.38. The second-order valence-electron chi connectivity index (χ2n) is 6.18. The second-order valence-corrected chi connectivity index (χ2v) is 7.40. The lowest BCUT2D eigenvalue weighted by Gasteiger charge is -2.28. The SMILES string of the molecule is CC1=C(c2nc(-c3ccc(C#N)cc3)cs2)C(c2cccnc2Cl)NC(=O)N1. The van der Waals surface area contributed by atoms with E-state index in [9.17, 15) is 4.79 Å². The van der Waals surface area contributed by atoms with Crippen molar-refractivity contribution in [3.63, 3.8) is 0 Å². The van der Waals surface area contributed by atoms with Crippen LogP contribution in [0.5, 0.6) is 0 Å². The summed E-state index contributed by atoms with van der Waals surface area (Å²) in [6.45, 7) is 1.84. The summed E-state index contributed by atoms with van der Waals surface area (Å²) in [6, 6.07) is 12.3. The summed E-state index contributed by atoms with van der Waals surface area (Å²) in [5, 5.41) is 17.7. The van der Waals surface area contributed by atoms with Crippen LogP contribution in [0.3, 0.4) is 0 Å². The molecule has 0 saturated carbocycles. The first-order valence-corrected chi connectivity index (χ1v) is 9.67. The fourth-order valence-corrected chi connectivity index (χ4v) is 4.26. The lowest BCUT2D eigenvalue weighted by Crippen LogP contribution is -2.43. The minimum Gasteiger partial charge on any atom is -0.327 e. The van der Waals surface area contributed by atoms with Gasteiger partial charge in [-0.2, -0.15) is 5.26 Å². The normalized spacial score (nSPS) is 16.3. The Hall–Kier alpha value is -3.21. The third kappa shape index (κ3) is 3.36. The number of pyridine rings is 1. The van der Waals surface area contributed by atoms with Gasteiger partial charge in [0.15, 0.2) is 0 Å². The molecule has 28 heavy (non-hydrogen) atoms. The molecule has 0 aliphatic carbocycles. The van der Waals surface area contributed by atoms with Gasteiger partial charge in [-0.1, -0.05) is 29.8 Å². The lowest BCUT2D eigenvalue weighted by molar-refractivity contribution is 0.240. The van der Waals surface area contributed by atoms with Gasteiger partial charge in [0.05, 0.1) is 23.4 Å². The van der Waals surface area contributed by atoms with Crippen molar-refractivity contribution in [3.8, 4) is 17.3 Å². The van der Waals surface area contributed by atoms with Crippen LogP contribution in [0.4, 0.5) is 4.79 Å². The molecule has 1 atom stereocenters. The fraction of sp³-hybridized carbons (Fsp3) is 0.100. The zero-order valence-electron chi connectivity index (χ0n) is 14.7. The Bertz CT molecular complexity index is 1130. The average Bonchev–Trinajstić information content (AvgIpc) is 3.17. The highest BCUT2D eigenvalue weighted by molar-refractivity contribution is 7.11. The number of rotatable bonds is 3. The predicted octanol–water partition coefficient (Wildman–Crippen LogP) is 4.52. The number of benzene rings is 1. The number of aromatic nitrogens is 2. The molecule has 3 aromatic rings. The van der Waals surface area contributed by atoms with Crippen molar-refractivity contribution in [2.45, 2.75) is 13.0 Å². The molecule has 1 unspecified atom stereocenters. The monoisotopic (exact) mass is 407 g/mol. The number of urea groups is 1. The van der Waals surface area contributed by atoms with E-state index in [2.05, 4.69) is 21.7 Å². The molecule has 0 radical (unpaired) electrons. The number of nitrogens with zero attached hydrogens (tertiary/aromatic N) is 3. The Morgan fingerprint density at radius 2 is 2.04 bits per heavy atom. The first kappa shape index (κ1) is 18.2. The molecule has 3 heterocycles. The van der Waals surface area contributed by atoms with Crippen molar-refractivity contribution in [2.75, 3.05) is 0 Å². The number of allylic oxidation sites excluding steroid dienone is 1. The van der Waals surface area contributed by atoms with Crippen LogP contribution in [0.2, 0.25) is 5.15 Å². The second kappa shape index (κ2) is 7.43. The first-order valence-electron chi connectivity index (χ1n) is 8.42. The van der Waals surface area contributed by atoms with E-state index in [1.807, 2.05) is 30.5 Å². The number of carbonyl (C=O) groups is 1. The molecule has 4 rings (SSSR count). The van der Waals surface area contributed by atoms with Gasteiger partial charge < -0.3 is 10.6 Å². The van der Waals surface area contributed by atoms with Gasteiger partial charge in [-0.05, 0) is 25.1 Å². The van der Waals surface area contributed by atoms with Gasteiger partial charge in [0.25, 0.3) is 0 Å². The molecule has 0 saturated heterocycles. The summed E-state index contributed by atoms with van der Waals surface area (Å²) in [5.41, 5.74) is 4.60. The fourth-order valence-electron chi connectivity index (χ4n) is 3.07. The van der Waals surface area contributed by atoms with E-state index in [0.717, 1.165) is 27.5 Å². The van der Waals surface area contributed by atoms with Crippen LogP contribution in [0.25, 0.3) is 16.8 Å². The van der Waals surface area contributed by atoms with Crippen molar-refractivity contribution in [2.24, 2.45) is 0 Å². The molecule has 1 aromatic carbocycles. The van der Waals surface area contributed by atoms with E-state index in [1.165, 1.54) is 11.3 Å². The Balaban J connectivity index is 1.76. The minimum absolute atomic E-state index is 0.296. The molecule has 1 aliphatic heterocycles. The van der Waals surface area contributed by atoms with Crippen LogP contribution in [-0.2, 0) is 0 Å². The quantitative estimate of drug-likeness (QED) is 0.624. The van der Waals surface area contributed by atoms with Crippen molar-refractivity contribution in [1.82, 2.24) is 20.6 Å². The molecular formula is C20H14ClN5OS. The van der Waals surface area contributed by atoms with E-state index in [4.69, 9.17) is 21.8 Å². The van der Waals surface area contributed by atoms with E-state index >= 15 is 0 Å². The summed E-state index contributed by atoms with van der Waals surface area (Å²) in [7, 11) is 0. The average molecular weight is 408 g/mol.